The van der Waals surface area contributed by atoms with E-state index in [4.69, 9.17) is 47.6 Å². The number of carbonyl (C=O) groups is 1. The Labute approximate surface area is 387 Å². The summed E-state index contributed by atoms with van der Waals surface area (Å²) in [7, 11) is -9.72. The molecule has 0 bridgehead atoms. The Morgan fingerprint density at radius 3 is 2.42 bits per heavy atom. The molecule has 360 valence electrons. The lowest BCUT2D eigenvalue weighted by atomic mass is 10.1. The molecule has 1 amide bonds. The second-order valence-corrected chi connectivity index (χ2v) is 30.7. The van der Waals surface area contributed by atoms with Crippen LogP contribution in [0.5, 0.6) is 0 Å². The number of amides is 1. The molecule has 3 fully saturated rings. The summed E-state index contributed by atoms with van der Waals surface area (Å²) in [5.74, 6) is -0.741. The first-order valence-corrected chi connectivity index (χ1v) is 29.8. The van der Waals surface area contributed by atoms with E-state index in [1.54, 1.807) is 26.1 Å². The van der Waals surface area contributed by atoms with Gasteiger partial charge in [-0.1, -0.05) is 69.2 Å². The highest BCUT2D eigenvalue weighted by Gasteiger charge is 2.63. The second kappa shape index (κ2) is 21.6. The summed E-state index contributed by atoms with van der Waals surface area (Å²) in [5.41, 5.74) is -0.623. The van der Waals surface area contributed by atoms with Crippen LogP contribution >= 0.6 is 15.0 Å². The largest absolute Gasteiger partial charge is 0.414 e. The molecule has 2 aliphatic heterocycles. The van der Waals surface area contributed by atoms with Crippen molar-refractivity contribution in [3.63, 3.8) is 0 Å². The lowest BCUT2D eigenvalue weighted by Gasteiger charge is -2.51. The van der Waals surface area contributed by atoms with E-state index in [0.717, 1.165) is 0 Å². The normalized spacial score (nSPS) is 26.8. The Bertz CT molecular complexity index is 2270. The first kappa shape index (κ1) is 51.5. The highest BCUT2D eigenvalue weighted by atomic mass is 32.5. The molecule has 3 aliphatic rings. The molecule has 0 spiro atoms. The van der Waals surface area contributed by atoms with E-state index in [2.05, 4.69) is 97.0 Å². The fraction of sp³-hybridized carbons (Fsp3) is 0.718. The van der Waals surface area contributed by atoms with Crippen molar-refractivity contribution in [3.05, 3.63) is 35.3 Å². The number of hydrogen-bond donors (Lipinski definition) is 4. The third kappa shape index (κ3) is 11.5. The average Bonchev–Trinajstić information content (AvgIpc) is 3.91. The Kier molecular flexibility index (Phi) is 17.1. The molecule has 26 heteroatoms. The zero-order chi connectivity index (χ0) is 47.4. The van der Waals surface area contributed by atoms with Gasteiger partial charge in [-0.25, -0.2) is 15.0 Å². The van der Waals surface area contributed by atoms with Crippen LogP contribution in [-0.4, -0.2) is 108 Å². The van der Waals surface area contributed by atoms with Gasteiger partial charge in [-0.15, -0.1) is 0 Å². The topological polar surface area (TPSA) is 265 Å². The maximum Gasteiger partial charge on any atom is 0.335 e. The average molecular weight is 1000 g/mol. The van der Waals surface area contributed by atoms with E-state index in [0.29, 0.717) is 18.7 Å². The maximum atomic E-state index is 13.5. The van der Waals surface area contributed by atoms with Crippen LogP contribution in [0.4, 0.5) is 11.8 Å². The zero-order valence-corrected chi connectivity index (χ0v) is 43.2. The van der Waals surface area contributed by atoms with Crippen LogP contribution in [0.3, 0.4) is 0 Å². The number of anilines is 2. The molecule has 21 nitrogen and oxygen atoms in total. The van der Waals surface area contributed by atoms with E-state index < -0.39 is 80.1 Å². The van der Waals surface area contributed by atoms with Crippen LogP contribution in [0.2, 0.25) is 22.2 Å². The summed E-state index contributed by atoms with van der Waals surface area (Å²) in [4.78, 5) is 56.0. The lowest BCUT2D eigenvalue weighted by molar-refractivity contribution is -0.118. The SMILES string of the molecule is CC(C)C(=O)Nc1nc2c(ncn2[C@@H]2O[C@@H]3CO[Si](C(C)C)(C(C)C)O[Si](C(C)C)(C(C)C)O[C@H]3[C@H]2OP(=S)(OCCC#N)OC[C@H]2C[C@@H](Nc3ccncn3)C[C@@H]2O[PH](=O)O)c(=O)[nH]1. The lowest BCUT2D eigenvalue weighted by Crippen LogP contribution is -2.65. The van der Waals surface area contributed by atoms with Gasteiger partial charge >= 0.3 is 32.1 Å². The van der Waals surface area contributed by atoms with Gasteiger partial charge in [-0.05, 0) is 52.9 Å². The third-order valence-electron chi connectivity index (χ3n) is 12.1. The van der Waals surface area contributed by atoms with Crippen LogP contribution < -0.4 is 16.2 Å². The Hall–Kier alpha value is -2.86. The van der Waals surface area contributed by atoms with Gasteiger partial charge in [0.2, 0.25) is 11.9 Å². The molecule has 6 rings (SSSR count). The Balaban J connectivity index is 1.44. The number of fused-ring (bicyclic) bond motifs is 2. The van der Waals surface area contributed by atoms with Gasteiger partial charge in [-0.2, -0.15) is 10.2 Å². The molecule has 5 heterocycles. The molecule has 4 N–H and O–H groups in total. The maximum absolute atomic E-state index is 13.5. The molecule has 3 aromatic heterocycles. The number of carbonyl (C=O) groups excluding carboxylic acids is 1. The van der Waals surface area contributed by atoms with E-state index in [1.165, 1.54) is 17.2 Å². The zero-order valence-electron chi connectivity index (χ0n) is 38.5. The first-order valence-electron chi connectivity index (χ1n) is 22.0. The Morgan fingerprint density at radius 1 is 1.09 bits per heavy atom. The van der Waals surface area contributed by atoms with Crippen LogP contribution in [0, 0.1) is 23.2 Å². The minimum absolute atomic E-state index is 0.0274. The van der Waals surface area contributed by atoms with Crippen LogP contribution in [-0.2, 0) is 57.0 Å². The molecule has 0 radical (unpaired) electrons. The standard InChI is InChI=1S/C39H63N9O12P2SSi2/c1-22(2)36(49)46-39-45-35-32(37(50)47-39)43-21-48(35)38-34(33-30(56-38)19-55-64(23(3)4,24(5)6)60-65(59-33,25(7)8)26(9)10)58-62(63,53-15-11-13-40)54-18-27-16-28(17-29(27)57-61(51)52)44-31-12-14-41-20-42-31/h12,14,20-30,33-34,38,61H,11,15-19H2,1-10H3,(H,51,52)(H,41,42,44)(H2,45,46,47,49,50)/t27-,28-,29+,30-,33-,34-,38-,62?/m1/s1. The monoisotopic (exact) mass is 999 g/mol. The number of nitrogens with one attached hydrogen (secondary N) is 3. The number of H-pyrrole nitrogens is 1. The molecule has 2 unspecified atom stereocenters. The van der Waals surface area contributed by atoms with E-state index in [9.17, 15) is 24.3 Å². The van der Waals surface area contributed by atoms with Gasteiger partial charge in [0.15, 0.2) is 17.4 Å². The van der Waals surface area contributed by atoms with Crippen molar-refractivity contribution in [3.8, 4) is 6.07 Å². The van der Waals surface area contributed by atoms with Crippen LogP contribution in [0.25, 0.3) is 11.2 Å². The number of imidazole rings is 1. The predicted molar refractivity (Wildman–Crippen MR) is 249 cm³/mol. The summed E-state index contributed by atoms with van der Waals surface area (Å²) >= 11 is 6.22. The van der Waals surface area contributed by atoms with Crippen LogP contribution in [0.1, 0.15) is 94.7 Å². The van der Waals surface area contributed by atoms with E-state index >= 15 is 0 Å². The smallest absolute Gasteiger partial charge is 0.335 e. The number of aromatic amines is 1. The third-order valence-corrected chi connectivity index (χ3v) is 25.2. The van der Waals surface area contributed by atoms with Crippen molar-refractivity contribution in [2.45, 2.75) is 147 Å². The van der Waals surface area contributed by atoms with E-state index in [1.807, 2.05) is 0 Å². The molecule has 9 atom stereocenters. The fourth-order valence-electron chi connectivity index (χ4n) is 8.77. The van der Waals surface area contributed by atoms with Crippen molar-refractivity contribution in [1.82, 2.24) is 29.5 Å². The van der Waals surface area contributed by atoms with Crippen molar-refractivity contribution < 1.29 is 50.1 Å². The van der Waals surface area contributed by atoms with Gasteiger partial charge in [0.05, 0.1) is 44.7 Å². The predicted octanol–water partition coefficient (Wildman–Crippen LogP) is 6.57. The van der Waals surface area contributed by atoms with Gasteiger partial charge in [-0.3, -0.25) is 33.5 Å². The summed E-state index contributed by atoms with van der Waals surface area (Å²) in [5, 5.41) is 15.6. The quantitative estimate of drug-likeness (QED) is 0.0562. The van der Waals surface area contributed by atoms with Gasteiger partial charge in [0.1, 0.15) is 30.5 Å². The molecular formula is C39H63N9O12P2SSi2. The fourth-order valence-corrected chi connectivity index (χ4v) is 22.6. The number of aromatic nitrogens is 6. The number of ether oxygens (including phenoxy) is 1. The number of nitrogens with zero attached hydrogens (tertiary/aromatic N) is 6. The molecule has 65 heavy (non-hydrogen) atoms. The van der Waals surface area contributed by atoms with Gasteiger partial charge < -0.3 is 41.5 Å². The number of hydrogen-bond acceptors (Lipinski definition) is 18. The highest BCUT2D eigenvalue weighted by molar-refractivity contribution is 8.07. The first-order chi connectivity index (χ1) is 30.7. The van der Waals surface area contributed by atoms with Crippen molar-refractivity contribution in [2.24, 2.45) is 11.8 Å². The summed E-state index contributed by atoms with van der Waals surface area (Å²) < 4.78 is 67.9. The summed E-state index contributed by atoms with van der Waals surface area (Å²) in [6.45, 7) is 16.1. The Morgan fingerprint density at radius 2 is 1.80 bits per heavy atom. The molecule has 1 aliphatic carbocycles. The molecular weight excluding hydrogens is 937 g/mol. The minimum Gasteiger partial charge on any atom is -0.414 e. The molecule has 1 saturated carbocycles. The number of nitriles is 1. The number of rotatable bonds is 19. The molecule has 0 aromatic carbocycles. The molecule has 3 aromatic rings. The van der Waals surface area contributed by atoms with Crippen molar-refractivity contribution in [2.75, 3.05) is 30.5 Å². The molecule has 2 saturated heterocycles. The summed E-state index contributed by atoms with van der Waals surface area (Å²) in [6, 6.07) is 3.58. The van der Waals surface area contributed by atoms with Gasteiger partial charge in [0, 0.05) is 24.1 Å². The van der Waals surface area contributed by atoms with Crippen molar-refractivity contribution in [1.29, 1.82) is 5.26 Å². The second-order valence-electron chi connectivity index (χ2n) is 18.1. The highest BCUT2D eigenvalue weighted by Crippen LogP contribution is 2.57. The minimum atomic E-state index is -3.92. The van der Waals surface area contributed by atoms with Crippen molar-refractivity contribution >= 4 is 72.7 Å². The van der Waals surface area contributed by atoms with Gasteiger partial charge in [0.25, 0.3) is 5.56 Å². The summed E-state index contributed by atoms with van der Waals surface area (Å²) in [6.07, 6.45) is 0.483. The van der Waals surface area contributed by atoms with E-state index in [-0.39, 0.29) is 77.5 Å². The van der Waals surface area contributed by atoms with Crippen LogP contribution in [0.15, 0.2) is 29.7 Å².